The van der Waals surface area contributed by atoms with E-state index < -0.39 is 29.3 Å². The van der Waals surface area contributed by atoms with E-state index in [1.807, 2.05) is 18.2 Å². The summed E-state index contributed by atoms with van der Waals surface area (Å²) in [6, 6.07) is 25.2. The van der Waals surface area contributed by atoms with Crippen molar-refractivity contribution in [1.29, 1.82) is 0 Å². The van der Waals surface area contributed by atoms with Crippen LogP contribution in [0.5, 0.6) is 11.5 Å². The first-order chi connectivity index (χ1) is 21.3. The van der Waals surface area contributed by atoms with E-state index in [0.717, 1.165) is 17.4 Å². The number of aromatic nitrogens is 2. The van der Waals surface area contributed by atoms with Crippen LogP contribution in [0.25, 0.3) is 5.76 Å². The van der Waals surface area contributed by atoms with E-state index in [1.165, 1.54) is 34.9 Å². The van der Waals surface area contributed by atoms with Crippen LogP contribution in [-0.4, -0.2) is 27.0 Å². The first-order valence-electron chi connectivity index (χ1n) is 13.4. The Morgan fingerprint density at radius 1 is 0.909 bits per heavy atom. The van der Waals surface area contributed by atoms with Gasteiger partial charge >= 0.3 is 5.91 Å². The second-order valence-electron chi connectivity index (χ2n) is 9.85. The standard InChI is InChI=1S/C33H23F2N3O4S2/c1-19-14-15-21(17-26(19)35)29(39)27-28(20-9-7-12-24(16-20)42-23-10-3-2-4-11-23)38(31(41)30(27)40)32-36-37-33(44-32)43-18-22-8-5-6-13-25(22)34/h2-17,28,39H,18H2,1H3/t28-/m0/s1. The molecule has 6 rings (SSSR count). The molecule has 1 aliphatic heterocycles. The molecule has 0 aliphatic carbocycles. The van der Waals surface area contributed by atoms with Crippen LogP contribution in [0.1, 0.15) is 28.3 Å². The molecule has 0 bridgehead atoms. The lowest BCUT2D eigenvalue weighted by molar-refractivity contribution is -0.132. The molecule has 11 heteroatoms. The number of hydrogen-bond acceptors (Lipinski definition) is 8. The molecule has 220 valence electrons. The number of ether oxygens (including phenoxy) is 1. The molecule has 5 aromatic rings. The van der Waals surface area contributed by atoms with E-state index in [1.54, 1.807) is 61.5 Å². The zero-order valence-electron chi connectivity index (χ0n) is 23.1. The Bertz CT molecular complexity index is 1910. The molecule has 1 atom stereocenters. The van der Waals surface area contributed by atoms with Crippen LogP contribution in [0.15, 0.2) is 107 Å². The van der Waals surface area contributed by atoms with Crippen molar-refractivity contribution in [3.63, 3.8) is 0 Å². The molecule has 2 heterocycles. The van der Waals surface area contributed by atoms with E-state index in [9.17, 15) is 23.5 Å². The zero-order chi connectivity index (χ0) is 30.8. The summed E-state index contributed by atoms with van der Waals surface area (Å²) in [6.45, 7) is 1.58. The van der Waals surface area contributed by atoms with Gasteiger partial charge in [-0.25, -0.2) is 8.78 Å². The van der Waals surface area contributed by atoms with Crippen molar-refractivity contribution in [2.45, 2.75) is 23.1 Å². The average Bonchev–Trinajstić information content (AvgIpc) is 3.60. The van der Waals surface area contributed by atoms with Gasteiger partial charge in [-0.2, -0.15) is 0 Å². The Morgan fingerprint density at radius 3 is 2.43 bits per heavy atom. The molecule has 1 aromatic heterocycles. The monoisotopic (exact) mass is 627 g/mol. The SMILES string of the molecule is Cc1ccc(C(O)=C2C(=O)C(=O)N(c3nnc(SCc4ccccc4F)s3)[C@H]2c2cccc(Oc3ccccc3)c2)cc1F. The van der Waals surface area contributed by atoms with Crippen molar-refractivity contribution in [3.8, 4) is 11.5 Å². The second kappa shape index (κ2) is 12.4. The number of nitrogens with zero attached hydrogens (tertiary/aromatic N) is 3. The number of aliphatic hydroxyl groups is 1. The molecule has 1 saturated heterocycles. The van der Waals surface area contributed by atoms with Crippen molar-refractivity contribution >= 4 is 45.7 Å². The molecule has 0 unspecified atom stereocenters. The van der Waals surface area contributed by atoms with E-state index in [4.69, 9.17) is 4.74 Å². The number of aryl methyl sites for hydroxylation is 1. The predicted octanol–water partition coefficient (Wildman–Crippen LogP) is 7.84. The van der Waals surface area contributed by atoms with Gasteiger partial charge in [0.25, 0.3) is 5.78 Å². The second-order valence-corrected chi connectivity index (χ2v) is 12.0. The first-order valence-corrected chi connectivity index (χ1v) is 15.2. The molecule has 1 amide bonds. The third-order valence-electron chi connectivity index (χ3n) is 6.95. The molecule has 7 nitrogen and oxygen atoms in total. The minimum Gasteiger partial charge on any atom is -0.507 e. The van der Waals surface area contributed by atoms with Crippen molar-refractivity contribution in [2.24, 2.45) is 0 Å². The van der Waals surface area contributed by atoms with Gasteiger partial charge in [-0.05, 0) is 60.0 Å². The number of rotatable bonds is 8. The van der Waals surface area contributed by atoms with Gasteiger partial charge in [0.05, 0.1) is 11.6 Å². The first kappa shape index (κ1) is 29.2. The summed E-state index contributed by atoms with van der Waals surface area (Å²) >= 11 is 2.29. The van der Waals surface area contributed by atoms with Gasteiger partial charge < -0.3 is 9.84 Å². The zero-order valence-corrected chi connectivity index (χ0v) is 24.7. The summed E-state index contributed by atoms with van der Waals surface area (Å²) in [5.41, 5.74) is 1.11. The molecule has 4 aromatic carbocycles. The summed E-state index contributed by atoms with van der Waals surface area (Å²) in [4.78, 5) is 28.3. The minimum absolute atomic E-state index is 0.0474. The molecular formula is C33H23F2N3O4S2. The van der Waals surface area contributed by atoms with Crippen LogP contribution in [0.2, 0.25) is 0 Å². The number of carbonyl (C=O) groups excluding carboxylic acids is 2. The summed E-state index contributed by atoms with van der Waals surface area (Å²) in [5, 5.41) is 19.8. The molecule has 1 fully saturated rings. The number of carbonyl (C=O) groups is 2. The fourth-order valence-electron chi connectivity index (χ4n) is 4.73. The van der Waals surface area contributed by atoms with Gasteiger partial charge in [0.2, 0.25) is 5.13 Å². The highest BCUT2D eigenvalue weighted by atomic mass is 32.2. The number of thioether (sulfide) groups is 1. The van der Waals surface area contributed by atoms with Crippen molar-refractivity contribution in [2.75, 3.05) is 4.90 Å². The lowest BCUT2D eigenvalue weighted by atomic mass is 9.95. The van der Waals surface area contributed by atoms with Crippen LogP contribution < -0.4 is 9.64 Å². The summed E-state index contributed by atoms with van der Waals surface area (Å²) in [5.74, 6) is -2.05. The van der Waals surface area contributed by atoms with Gasteiger partial charge in [0.15, 0.2) is 4.34 Å². The minimum atomic E-state index is -1.13. The molecular weight excluding hydrogens is 605 g/mol. The highest BCUT2D eigenvalue weighted by Crippen LogP contribution is 2.45. The normalized spacial score (nSPS) is 16.0. The van der Waals surface area contributed by atoms with E-state index in [0.29, 0.717) is 32.5 Å². The number of amides is 1. The van der Waals surface area contributed by atoms with Crippen LogP contribution >= 0.6 is 23.1 Å². The van der Waals surface area contributed by atoms with E-state index >= 15 is 0 Å². The fraction of sp³-hybridized carbons (Fsp3) is 0.0909. The topological polar surface area (TPSA) is 92.6 Å². The Balaban J connectivity index is 1.41. The number of halogens is 2. The fourth-order valence-corrected chi connectivity index (χ4v) is 6.58. The van der Waals surface area contributed by atoms with E-state index in [-0.39, 0.29) is 27.8 Å². The van der Waals surface area contributed by atoms with Crippen LogP contribution in [0.4, 0.5) is 13.9 Å². The lowest BCUT2D eigenvalue weighted by Crippen LogP contribution is -2.29. The van der Waals surface area contributed by atoms with Crippen molar-refractivity contribution < 1.29 is 28.2 Å². The Morgan fingerprint density at radius 2 is 1.66 bits per heavy atom. The number of anilines is 1. The maximum absolute atomic E-state index is 14.5. The summed E-state index contributed by atoms with van der Waals surface area (Å²) in [6.07, 6.45) is 0. The molecule has 0 spiro atoms. The summed E-state index contributed by atoms with van der Waals surface area (Å²) < 4.78 is 35.1. The average molecular weight is 628 g/mol. The van der Waals surface area contributed by atoms with Crippen molar-refractivity contribution in [3.05, 3.63) is 137 Å². The number of Topliss-reactive ketones (excluding diaryl/α,β-unsaturated/α-hetero) is 1. The molecule has 44 heavy (non-hydrogen) atoms. The van der Waals surface area contributed by atoms with Gasteiger partial charge in [-0.15, -0.1) is 10.2 Å². The maximum atomic E-state index is 14.5. The number of benzene rings is 4. The number of aliphatic hydroxyl groups excluding tert-OH is 1. The van der Waals surface area contributed by atoms with Crippen LogP contribution in [-0.2, 0) is 15.3 Å². The largest absolute Gasteiger partial charge is 0.507 e. The molecule has 0 saturated carbocycles. The highest BCUT2D eigenvalue weighted by molar-refractivity contribution is 8.00. The quantitative estimate of drug-likeness (QED) is 0.0616. The van der Waals surface area contributed by atoms with Gasteiger partial charge in [0, 0.05) is 11.3 Å². The van der Waals surface area contributed by atoms with Gasteiger partial charge in [-0.1, -0.05) is 83.8 Å². The van der Waals surface area contributed by atoms with Crippen LogP contribution in [0, 0.1) is 18.6 Å². The third kappa shape index (κ3) is 5.84. The number of hydrogen-bond donors (Lipinski definition) is 1. The Kier molecular flexibility index (Phi) is 8.23. The number of ketones is 1. The molecule has 0 radical (unpaired) electrons. The van der Waals surface area contributed by atoms with Crippen molar-refractivity contribution in [1.82, 2.24) is 10.2 Å². The number of para-hydroxylation sites is 1. The molecule has 1 N–H and O–H groups in total. The highest BCUT2D eigenvalue weighted by Gasteiger charge is 2.48. The van der Waals surface area contributed by atoms with Gasteiger partial charge in [-0.3, -0.25) is 14.5 Å². The smallest absolute Gasteiger partial charge is 0.301 e. The predicted molar refractivity (Wildman–Crippen MR) is 165 cm³/mol. The Hall–Kier alpha value is -4.87. The molecule has 1 aliphatic rings. The lowest BCUT2D eigenvalue weighted by Gasteiger charge is -2.23. The summed E-state index contributed by atoms with van der Waals surface area (Å²) in [7, 11) is 0. The van der Waals surface area contributed by atoms with Gasteiger partial charge in [0.1, 0.15) is 28.9 Å². The third-order valence-corrected chi connectivity index (χ3v) is 9.06. The Labute approximate surface area is 259 Å². The van der Waals surface area contributed by atoms with E-state index in [2.05, 4.69) is 10.2 Å². The maximum Gasteiger partial charge on any atom is 0.301 e. The van der Waals surface area contributed by atoms with Crippen LogP contribution in [0.3, 0.4) is 0 Å².